The second-order valence-electron chi connectivity index (χ2n) is 4.58. The number of hydrogen-bond acceptors (Lipinski definition) is 1. The number of fused-ring (bicyclic) bond motifs is 1. The normalized spacial score (nSPS) is 10.9. The van der Waals surface area contributed by atoms with E-state index in [1.165, 1.54) is 12.1 Å². The van der Waals surface area contributed by atoms with Gasteiger partial charge in [-0.15, -0.1) is 0 Å². The maximum atomic E-state index is 13.3. The number of Topliss-reactive ketones (excluding diaryl/α,β-unsaturated/α-hetero) is 1. The molecule has 2 aromatic carbocycles. The van der Waals surface area contributed by atoms with Crippen LogP contribution in [0.15, 0.2) is 54.7 Å². The molecule has 3 rings (SSSR count). The zero-order chi connectivity index (χ0) is 14.1. The summed E-state index contributed by atoms with van der Waals surface area (Å²) in [4.78, 5) is 12.2. The SMILES string of the molecule is O=C(Cn1ccc2ccc(F)cc21)c1ccc(Cl)cc1. The fraction of sp³-hybridized carbons (Fsp3) is 0.0625. The first-order valence-corrected chi connectivity index (χ1v) is 6.54. The van der Waals surface area contributed by atoms with Crippen molar-refractivity contribution in [2.24, 2.45) is 0 Å². The van der Waals surface area contributed by atoms with Gasteiger partial charge in [-0.1, -0.05) is 11.6 Å². The Kier molecular flexibility index (Phi) is 3.28. The molecule has 0 atom stereocenters. The first-order chi connectivity index (χ1) is 9.63. The van der Waals surface area contributed by atoms with E-state index in [-0.39, 0.29) is 18.1 Å². The molecule has 0 aliphatic rings. The molecule has 0 spiro atoms. The monoisotopic (exact) mass is 287 g/mol. The highest BCUT2D eigenvalue weighted by molar-refractivity contribution is 6.30. The number of carbonyl (C=O) groups excluding carboxylic acids is 1. The first kappa shape index (κ1) is 12.9. The van der Waals surface area contributed by atoms with Gasteiger partial charge < -0.3 is 4.57 Å². The first-order valence-electron chi connectivity index (χ1n) is 6.17. The molecule has 2 nitrogen and oxygen atoms in total. The van der Waals surface area contributed by atoms with E-state index in [0.717, 1.165) is 5.39 Å². The minimum Gasteiger partial charge on any atom is -0.340 e. The molecule has 0 radical (unpaired) electrons. The van der Waals surface area contributed by atoms with E-state index >= 15 is 0 Å². The highest BCUT2D eigenvalue weighted by atomic mass is 35.5. The smallest absolute Gasteiger partial charge is 0.182 e. The summed E-state index contributed by atoms with van der Waals surface area (Å²) in [6.45, 7) is 0.175. The van der Waals surface area contributed by atoms with Crippen LogP contribution in [0.25, 0.3) is 10.9 Å². The van der Waals surface area contributed by atoms with Crippen molar-refractivity contribution in [2.75, 3.05) is 0 Å². The molecule has 0 aliphatic carbocycles. The Hall–Kier alpha value is -2.13. The van der Waals surface area contributed by atoms with E-state index in [0.29, 0.717) is 16.1 Å². The third-order valence-corrected chi connectivity index (χ3v) is 3.47. The summed E-state index contributed by atoms with van der Waals surface area (Å²) in [6.07, 6.45) is 1.79. The minimum absolute atomic E-state index is 0.0385. The van der Waals surface area contributed by atoms with Gasteiger partial charge in [0.2, 0.25) is 0 Å². The number of halogens is 2. The number of nitrogens with zero attached hydrogens (tertiary/aromatic N) is 1. The van der Waals surface area contributed by atoms with Crippen molar-refractivity contribution in [3.8, 4) is 0 Å². The number of aromatic nitrogens is 1. The Morgan fingerprint density at radius 3 is 2.60 bits per heavy atom. The van der Waals surface area contributed by atoms with Gasteiger partial charge in [-0.25, -0.2) is 4.39 Å². The molecule has 20 heavy (non-hydrogen) atoms. The van der Waals surface area contributed by atoms with Crippen LogP contribution in [0.3, 0.4) is 0 Å². The summed E-state index contributed by atoms with van der Waals surface area (Å²) >= 11 is 5.80. The average molecular weight is 288 g/mol. The Morgan fingerprint density at radius 1 is 1.10 bits per heavy atom. The molecular weight excluding hydrogens is 277 g/mol. The van der Waals surface area contributed by atoms with Gasteiger partial charge in [0.25, 0.3) is 0 Å². The predicted octanol–water partition coefficient (Wildman–Crippen LogP) is 4.32. The molecular formula is C16H11ClFNO. The summed E-state index contributed by atoms with van der Waals surface area (Å²) in [6, 6.07) is 13.2. The highest BCUT2D eigenvalue weighted by Crippen LogP contribution is 2.18. The zero-order valence-electron chi connectivity index (χ0n) is 10.5. The molecule has 0 bridgehead atoms. The fourth-order valence-corrected chi connectivity index (χ4v) is 2.30. The van der Waals surface area contributed by atoms with Crippen molar-refractivity contribution in [3.63, 3.8) is 0 Å². The lowest BCUT2D eigenvalue weighted by Gasteiger charge is -2.05. The van der Waals surface area contributed by atoms with Crippen molar-refractivity contribution >= 4 is 28.3 Å². The van der Waals surface area contributed by atoms with Gasteiger partial charge in [0.1, 0.15) is 5.82 Å². The Morgan fingerprint density at radius 2 is 1.85 bits per heavy atom. The van der Waals surface area contributed by atoms with Crippen molar-refractivity contribution in [1.82, 2.24) is 4.57 Å². The second-order valence-corrected chi connectivity index (χ2v) is 5.01. The zero-order valence-corrected chi connectivity index (χ0v) is 11.3. The second kappa shape index (κ2) is 5.10. The van der Waals surface area contributed by atoms with Crippen LogP contribution in [0.5, 0.6) is 0 Å². The molecule has 1 aromatic heterocycles. The lowest BCUT2D eigenvalue weighted by molar-refractivity contribution is 0.0973. The van der Waals surface area contributed by atoms with Crippen LogP contribution in [0, 0.1) is 5.82 Å². The van der Waals surface area contributed by atoms with Crippen LogP contribution >= 0.6 is 11.6 Å². The lowest BCUT2D eigenvalue weighted by Crippen LogP contribution is -2.09. The predicted molar refractivity (Wildman–Crippen MR) is 77.7 cm³/mol. The average Bonchev–Trinajstić information content (AvgIpc) is 2.82. The molecule has 0 amide bonds. The van der Waals surface area contributed by atoms with Gasteiger partial charge in [0, 0.05) is 16.8 Å². The molecule has 0 fully saturated rings. The summed E-state index contributed by atoms with van der Waals surface area (Å²) in [5.41, 5.74) is 1.31. The molecule has 0 saturated carbocycles. The number of hydrogen-bond donors (Lipinski definition) is 0. The molecule has 3 aromatic rings. The summed E-state index contributed by atoms with van der Waals surface area (Å²) in [5, 5.41) is 1.50. The van der Waals surface area contributed by atoms with Crippen LogP contribution in [0.2, 0.25) is 5.02 Å². The maximum Gasteiger partial charge on any atom is 0.182 e. The number of carbonyl (C=O) groups is 1. The van der Waals surface area contributed by atoms with Crippen molar-refractivity contribution in [2.45, 2.75) is 6.54 Å². The van der Waals surface area contributed by atoms with Gasteiger partial charge in [-0.3, -0.25) is 4.79 Å². The van der Waals surface area contributed by atoms with Crippen LogP contribution in [-0.4, -0.2) is 10.4 Å². The number of ketones is 1. The van der Waals surface area contributed by atoms with Gasteiger partial charge in [0.15, 0.2) is 5.78 Å². The van der Waals surface area contributed by atoms with Crippen molar-refractivity contribution in [3.05, 3.63) is 71.1 Å². The van der Waals surface area contributed by atoms with Crippen molar-refractivity contribution < 1.29 is 9.18 Å². The fourth-order valence-electron chi connectivity index (χ4n) is 2.18. The number of benzene rings is 2. The van der Waals surface area contributed by atoms with Crippen LogP contribution in [0.4, 0.5) is 4.39 Å². The van der Waals surface area contributed by atoms with E-state index in [2.05, 4.69) is 0 Å². The molecule has 4 heteroatoms. The number of rotatable bonds is 3. The molecule has 1 heterocycles. The minimum atomic E-state index is -0.309. The molecule has 0 N–H and O–H groups in total. The van der Waals surface area contributed by atoms with Crippen LogP contribution in [0.1, 0.15) is 10.4 Å². The maximum absolute atomic E-state index is 13.3. The van der Waals surface area contributed by atoms with E-state index < -0.39 is 0 Å². The summed E-state index contributed by atoms with van der Waals surface area (Å²) in [5.74, 6) is -0.347. The van der Waals surface area contributed by atoms with Gasteiger partial charge in [-0.2, -0.15) is 0 Å². The summed E-state index contributed by atoms with van der Waals surface area (Å²) < 4.78 is 15.0. The third-order valence-electron chi connectivity index (χ3n) is 3.22. The van der Waals surface area contributed by atoms with E-state index in [1.54, 1.807) is 41.1 Å². The molecule has 0 unspecified atom stereocenters. The van der Waals surface area contributed by atoms with Gasteiger partial charge in [-0.05, 0) is 53.9 Å². The standard InChI is InChI=1S/C16H11ClFNO/c17-13-4-1-12(2-5-13)16(20)10-19-8-7-11-3-6-14(18)9-15(11)19/h1-9H,10H2. The van der Waals surface area contributed by atoms with Crippen molar-refractivity contribution in [1.29, 1.82) is 0 Å². The summed E-state index contributed by atoms with van der Waals surface area (Å²) in [7, 11) is 0. The van der Waals surface area contributed by atoms with E-state index in [4.69, 9.17) is 11.6 Å². The third kappa shape index (κ3) is 2.45. The quantitative estimate of drug-likeness (QED) is 0.658. The Balaban J connectivity index is 1.91. The Labute approximate surface area is 120 Å². The molecule has 0 saturated heterocycles. The van der Waals surface area contributed by atoms with Crippen LogP contribution < -0.4 is 0 Å². The topological polar surface area (TPSA) is 22.0 Å². The van der Waals surface area contributed by atoms with Gasteiger partial charge in [0.05, 0.1) is 12.1 Å². The highest BCUT2D eigenvalue weighted by Gasteiger charge is 2.09. The largest absolute Gasteiger partial charge is 0.340 e. The molecule has 0 aliphatic heterocycles. The molecule has 100 valence electrons. The van der Waals surface area contributed by atoms with E-state index in [9.17, 15) is 9.18 Å². The van der Waals surface area contributed by atoms with Crippen LogP contribution in [-0.2, 0) is 6.54 Å². The van der Waals surface area contributed by atoms with Gasteiger partial charge >= 0.3 is 0 Å². The Bertz CT molecular complexity index is 777. The van der Waals surface area contributed by atoms with E-state index in [1.807, 2.05) is 6.07 Å². The lowest BCUT2D eigenvalue weighted by atomic mass is 10.1.